The fourth-order valence-corrected chi connectivity index (χ4v) is 1.39. The SMILES string of the molecule is OC1=C2CC=CC=C2C=CC=C1. The van der Waals surface area contributed by atoms with Crippen molar-refractivity contribution in [3.05, 3.63) is 59.4 Å². The zero-order valence-corrected chi connectivity index (χ0v) is 6.70. The lowest BCUT2D eigenvalue weighted by molar-refractivity contribution is 0.426. The number of aliphatic hydroxyl groups is 1. The van der Waals surface area contributed by atoms with E-state index in [1.807, 2.05) is 36.5 Å². The second kappa shape index (κ2) is 2.86. The molecule has 0 unspecified atom stereocenters. The molecule has 0 atom stereocenters. The third-order valence-electron chi connectivity index (χ3n) is 2.03. The quantitative estimate of drug-likeness (QED) is 0.574. The third-order valence-corrected chi connectivity index (χ3v) is 2.03. The van der Waals surface area contributed by atoms with Gasteiger partial charge < -0.3 is 5.11 Å². The summed E-state index contributed by atoms with van der Waals surface area (Å²) < 4.78 is 0. The summed E-state index contributed by atoms with van der Waals surface area (Å²) >= 11 is 0. The number of hydrogen-bond donors (Lipinski definition) is 1. The van der Waals surface area contributed by atoms with Gasteiger partial charge in [0.15, 0.2) is 0 Å². The first-order valence-corrected chi connectivity index (χ1v) is 4.02. The molecule has 12 heavy (non-hydrogen) atoms. The first-order valence-electron chi connectivity index (χ1n) is 4.02. The second-order valence-electron chi connectivity index (χ2n) is 2.84. The second-order valence-corrected chi connectivity index (χ2v) is 2.84. The lowest BCUT2D eigenvalue weighted by Gasteiger charge is -2.09. The molecule has 0 bridgehead atoms. The predicted molar refractivity (Wildman–Crippen MR) is 49.8 cm³/mol. The van der Waals surface area contributed by atoms with Crippen LogP contribution < -0.4 is 0 Å². The summed E-state index contributed by atoms with van der Waals surface area (Å²) in [5.41, 5.74) is 2.13. The third kappa shape index (κ3) is 1.14. The molecule has 0 aromatic rings. The molecule has 2 aliphatic carbocycles. The van der Waals surface area contributed by atoms with Crippen LogP contribution in [0.25, 0.3) is 0 Å². The summed E-state index contributed by atoms with van der Waals surface area (Å²) in [4.78, 5) is 0. The van der Waals surface area contributed by atoms with Crippen LogP contribution in [0.5, 0.6) is 0 Å². The van der Waals surface area contributed by atoms with Crippen molar-refractivity contribution in [1.82, 2.24) is 0 Å². The van der Waals surface area contributed by atoms with E-state index in [1.54, 1.807) is 6.08 Å². The van der Waals surface area contributed by atoms with E-state index in [1.165, 1.54) is 0 Å². The van der Waals surface area contributed by atoms with Crippen molar-refractivity contribution in [2.75, 3.05) is 0 Å². The Labute approximate surface area is 71.7 Å². The molecule has 0 aromatic carbocycles. The summed E-state index contributed by atoms with van der Waals surface area (Å²) in [6.45, 7) is 0. The molecule has 0 radical (unpaired) electrons. The number of rotatable bonds is 0. The summed E-state index contributed by atoms with van der Waals surface area (Å²) in [6.07, 6.45) is 14.4. The Hall–Kier alpha value is -1.50. The molecular weight excluding hydrogens is 148 g/mol. The van der Waals surface area contributed by atoms with Gasteiger partial charge in [-0.05, 0) is 18.1 Å². The van der Waals surface area contributed by atoms with Gasteiger partial charge in [0.2, 0.25) is 0 Å². The normalized spacial score (nSPS) is 20.5. The van der Waals surface area contributed by atoms with Crippen LogP contribution in [0.15, 0.2) is 59.4 Å². The van der Waals surface area contributed by atoms with Crippen molar-refractivity contribution >= 4 is 0 Å². The van der Waals surface area contributed by atoms with Gasteiger partial charge >= 0.3 is 0 Å². The van der Waals surface area contributed by atoms with Gasteiger partial charge in [-0.1, -0.05) is 36.5 Å². The van der Waals surface area contributed by atoms with Crippen molar-refractivity contribution in [2.45, 2.75) is 6.42 Å². The summed E-state index contributed by atoms with van der Waals surface area (Å²) in [6, 6.07) is 0. The van der Waals surface area contributed by atoms with Crippen LogP contribution in [0.1, 0.15) is 6.42 Å². The van der Waals surface area contributed by atoms with Crippen LogP contribution in [-0.2, 0) is 0 Å². The van der Waals surface area contributed by atoms with Gasteiger partial charge in [-0.2, -0.15) is 0 Å². The highest BCUT2D eigenvalue weighted by Crippen LogP contribution is 2.25. The largest absolute Gasteiger partial charge is 0.508 e. The van der Waals surface area contributed by atoms with E-state index in [0.717, 1.165) is 17.6 Å². The smallest absolute Gasteiger partial charge is 0.119 e. The van der Waals surface area contributed by atoms with Crippen molar-refractivity contribution < 1.29 is 5.11 Å². The first kappa shape index (κ1) is 7.17. The molecular formula is C11H10O. The van der Waals surface area contributed by atoms with E-state index in [2.05, 4.69) is 0 Å². The minimum Gasteiger partial charge on any atom is -0.508 e. The van der Waals surface area contributed by atoms with Crippen LogP contribution >= 0.6 is 0 Å². The van der Waals surface area contributed by atoms with Gasteiger partial charge in [-0.15, -0.1) is 0 Å². The molecule has 0 amide bonds. The standard InChI is InChI=1S/C11H10O/c12-11-8-4-2-6-9-5-1-3-7-10(9)11/h1-6,8,12H,7H2. The van der Waals surface area contributed by atoms with Crippen molar-refractivity contribution in [3.8, 4) is 0 Å². The molecule has 0 heterocycles. The van der Waals surface area contributed by atoms with Crippen LogP contribution in [0.3, 0.4) is 0 Å². The molecule has 1 N–H and O–H groups in total. The molecule has 0 aliphatic heterocycles. The Bertz CT molecular complexity index is 338. The topological polar surface area (TPSA) is 20.2 Å². The van der Waals surface area contributed by atoms with Gasteiger partial charge in [-0.25, -0.2) is 0 Å². The summed E-state index contributed by atoms with van der Waals surface area (Å²) in [5.74, 6) is 0.385. The van der Waals surface area contributed by atoms with Crippen LogP contribution in [0, 0.1) is 0 Å². The Morgan fingerprint density at radius 2 is 1.92 bits per heavy atom. The lowest BCUT2D eigenvalue weighted by Crippen LogP contribution is -1.93. The Kier molecular flexibility index (Phi) is 1.71. The minimum atomic E-state index is 0.385. The molecule has 0 fully saturated rings. The number of aliphatic hydroxyl groups excluding tert-OH is 1. The van der Waals surface area contributed by atoms with Gasteiger partial charge in [0.25, 0.3) is 0 Å². The predicted octanol–water partition coefficient (Wildman–Crippen LogP) is 2.81. The molecule has 0 saturated carbocycles. The molecule has 0 aromatic heterocycles. The van der Waals surface area contributed by atoms with Crippen LogP contribution in [0.4, 0.5) is 0 Å². The van der Waals surface area contributed by atoms with E-state index in [4.69, 9.17) is 0 Å². The van der Waals surface area contributed by atoms with E-state index in [9.17, 15) is 5.11 Å². The molecule has 1 heteroatoms. The zero-order valence-electron chi connectivity index (χ0n) is 6.70. The Morgan fingerprint density at radius 1 is 1.08 bits per heavy atom. The fraction of sp³-hybridized carbons (Fsp3) is 0.0909. The van der Waals surface area contributed by atoms with Crippen LogP contribution in [0.2, 0.25) is 0 Å². The maximum atomic E-state index is 9.56. The average molecular weight is 158 g/mol. The lowest BCUT2D eigenvalue weighted by atomic mass is 9.97. The summed E-state index contributed by atoms with van der Waals surface area (Å²) in [5, 5.41) is 9.56. The number of allylic oxidation sites excluding steroid dienone is 9. The molecule has 0 spiro atoms. The van der Waals surface area contributed by atoms with Crippen molar-refractivity contribution in [1.29, 1.82) is 0 Å². The maximum absolute atomic E-state index is 9.56. The highest BCUT2D eigenvalue weighted by molar-refractivity contribution is 5.51. The van der Waals surface area contributed by atoms with Gasteiger partial charge in [0.05, 0.1) is 0 Å². The van der Waals surface area contributed by atoms with Crippen LogP contribution in [-0.4, -0.2) is 5.11 Å². The molecule has 2 rings (SSSR count). The van der Waals surface area contributed by atoms with Crippen molar-refractivity contribution in [2.24, 2.45) is 0 Å². The highest BCUT2D eigenvalue weighted by atomic mass is 16.3. The van der Waals surface area contributed by atoms with E-state index in [0.29, 0.717) is 5.76 Å². The number of fused-ring (bicyclic) bond motifs is 1. The fourth-order valence-electron chi connectivity index (χ4n) is 1.39. The molecule has 2 aliphatic rings. The van der Waals surface area contributed by atoms with Crippen molar-refractivity contribution in [3.63, 3.8) is 0 Å². The number of hydrogen-bond acceptors (Lipinski definition) is 1. The molecule has 60 valence electrons. The minimum absolute atomic E-state index is 0.385. The average Bonchev–Trinajstić information content (AvgIpc) is 2.29. The Morgan fingerprint density at radius 3 is 2.83 bits per heavy atom. The van der Waals surface area contributed by atoms with Gasteiger partial charge in [0.1, 0.15) is 5.76 Å². The first-order chi connectivity index (χ1) is 5.88. The van der Waals surface area contributed by atoms with E-state index in [-0.39, 0.29) is 0 Å². The Balaban J connectivity index is 2.52. The maximum Gasteiger partial charge on any atom is 0.119 e. The summed E-state index contributed by atoms with van der Waals surface area (Å²) in [7, 11) is 0. The van der Waals surface area contributed by atoms with Gasteiger partial charge in [-0.3, -0.25) is 0 Å². The molecule has 1 nitrogen and oxygen atoms in total. The van der Waals surface area contributed by atoms with Gasteiger partial charge in [0, 0.05) is 5.57 Å². The molecule has 0 saturated heterocycles. The van der Waals surface area contributed by atoms with E-state index >= 15 is 0 Å². The zero-order chi connectivity index (χ0) is 8.39. The monoisotopic (exact) mass is 158 g/mol. The highest BCUT2D eigenvalue weighted by Gasteiger charge is 2.09. The van der Waals surface area contributed by atoms with E-state index < -0.39 is 0 Å².